The molecule has 5 nitrogen and oxygen atoms in total. The maximum atomic E-state index is 12.1. The Hall–Kier alpha value is -1.36. The molecule has 1 aromatic heterocycles. The number of hydrogen-bond acceptors (Lipinski definition) is 4. The third-order valence-electron chi connectivity index (χ3n) is 3.25. The highest BCUT2D eigenvalue weighted by molar-refractivity contribution is 5.92. The van der Waals surface area contributed by atoms with E-state index in [1.807, 2.05) is 6.92 Å². The summed E-state index contributed by atoms with van der Waals surface area (Å²) in [5.74, 6) is 0.707. The Kier molecular flexibility index (Phi) is 2.96. The molecule has 1 aliphatic heterocycles. The number of amides is 1. The highest BCUT2D eigenvalue weighted by atomic mass is 16.5. The highest BCUT2D eigenvalue weighted by Gasteiger charge is 2.29. The van der Waals surface area contributed by atoms with E-state index >= 15 is 0 Å². The maximum Gasteiger partial charge on any atom is 0.292 e. The minimum absolute atomic E-state index is 0.0564. The summed E-state index contributed by atoms with van der Waals surface area (Å²) in [4.78, 5) is 13.8. The zero-order valence-electron chi connectivity index (χ0n) is 9.64. The largest absolute Gasteiger partial charge is 0.351 e. The molecular formula is C11H17N3O2. The Morgan fingerprint density at radius 2 is 2.44 bits per heavy atom. The molecule has 2 rings (SSSR count). The fraction of sp³-hybridized carbons (Fsp3) is 0.636. The summed E-state index contributed by atoms with van der Waals surface area (Å²) >= 11 is 0. The van der Waals surface area contributed by atoms with Crippen molar-refractivity contribution in [3.63, 3.8) is 0 Å². The van der Waals surface area contributed by atoms with Crippen LogP contribution in [0.1, 0.15) is 29.5 Å². The van der Waals surface area contributed by atoms with E-state index in [0.29, 0.717) is 18.2 Å². The van der Waals surface area contributed by atoms with Crippen LogP contribution in [-0.2, 0) is 0 Å². The summed E-state index contributed by atoms with van der Waals surface area (Å²) in [6.45, 7) is 5.27. The molecule has 0 aliphatic carbocycles. The first-order valence-corrected chi connectivity index (χ1v) is 5.55. The number of rotatable bonds is 1. The van der Waals surface area contributed by atoms with Gasteiger partial charge >= 0.3 is 0 Å². The molecule has 0 bridgehead atoms. The predicted octanol–water partition coefficient (Wildman–Crippen LogP) is 0.792. The Morgan fingerprint density at radius 1 is 1.69 bits per heavy atom. The lowest BCUT2D eigenvalue weighted by Crippen LogP contribution is -2.49. The number of likely N-dealkylation sites (tertiary alicyclic amines) is 1. The van der Waals surface area contributed by atoms with Gasteiger partial charge in [0.2, 0.25) is 5.76 Å². The van der Waals surface area contributed by atoms with Gasteiger partial charge < -0.3 is 15.2 Å². The molecule has 1 fully saturated rings. The second-order valence-electron chi connectivity index (χ2n) is 4.52. The van der Waals surface area contributed by atoms with Gasteiger partial charge in [0, 0.05) is 24.7 Å². The van der Waals surface area contributed by atoms with Crippen LogP contribution in [0.15, 0.2) is 10.7 Å². The smallest absolute Gasteiger partial charge is 0.292 e. The van der Waals surface area contributed by atoms with Gasteiger partial charge in [0.25, 0.3) is 5.91 Å². The quantitative estimate of drug-likeness (QED) is 0.764. The molecule has 2 N–H and O–H groups in total. The second kappa shape index (κ2) is 4.25. The van der Waals surface area contributed by atoms with Gasteiger partial charge in [0.05, 0.1) is 6.20 Å². The molecule has 2 heterocycles. The summed E-state index contributed by atoms with van der Waals surface area (Å²) in [5, 5.41) is 3.62. The zero-order chi connectivity index (χ0) is 11.7. The van der Waals surface area contributed by atoms with Crippen molar-refractivity contribution in [3.8, 4) is 0 Å². The monoisotopic (exact) mass is 223 g/mol. The molecule has 0 spiro atoms. The van der Waals surface area contributed by atoms with Crippen molar-refractivity contribution in [3.05, 3.63) is 17.5 Å². The minimum atomic E-state index is -0.0997. The molecular weight excluding hydrogens is 206 g/mol. The first-order chi connectivity index (χ1) is 7.59. The predicted molar refractivity (Wildman–Crippen MR) is 58.9 cm³/mol. The van der Waals surface area contributed by atoms with Gasteiger partial charge in [0.15, 0.2) is 0 Å². The lowest BCUT2D eigenvalue weighted by molar-refractivity contribution is 0.0630. The van der Waals surface area contributed by atoms with Gasteiger partial charge in [-0.05, 0) is 19.3 Å². The minimum Gasteiger partial charge on any atom is -0.351 e. The van der Waals surface area contributed by atoms with Gasteiger partial charge in [-0.2, -0.15) is 0 Å². The molecule has 0 aromatic carbocycles. The van der Waals surface area contributed by atoms with E-state index in [4.69, 9.17) is 10.3 Å². The van der Waals surface area contributed by atoms with Crippen molar-refractivity contribution < 1.29 is 9.32 Å². The molecule has 0 radical (unpaired) electrons. The van der Waals surface area contributed by atoms with Gasteiger partial charge in [0.1, 0.15) is 0 Å². The Balaban J connectivity index is 2.09. The number of hydrogen-bond donors (Lipinski definition) is 1. The van der Waals surface area contributed by atoms with Crippen LogP contribution in [0.2, 0.25) is 0 Å². The molecule has 88 valence electrons. The number of nitrogens with two attached hydrogens (primary N) is 1. The number of piperidine rings is 1. The third-order valence-corrected chi connectivity index (χ3v) is 3.25. The number of carbonyl (C=O) groups excluding carboxylic acids is 1. The summed E-state index contributed by atoms with van der Waals surface area (Å²) < 4.78 is 4.96. The van der Waals surface area contributed by atoms with Gasteiger partial charge in [-0.1, -0.05) is 12.1 Å². The van der Waals surface area contributed by atoms with Crippen molar-refractivity contribution >= 4 is 5.91 Å². The third kappa shape index (κ3) is 1.95. The SMILES string of the molecule is Cc1cnoc1C(=O)N1CCC(C)C(N)C1. The van der Waals surface area contributed by atoms with Crippen molar-refractivity contribution in [1.82, 2.24) is 10.1 Å². The van der Waals surface area contributed by atoms with Crippen LogP contribution in [-0.4, -0.2) is 35.1 Å². The van der Waals surface area contributed by atoms with E-state index in [9.17, 15) is 4.79 Å². The molecule has 1 amide bonds. The van der Waals surface area contributed by atoms with Crippen LogP contribution in [0.5, 0.6) is 0 Å². The van der Waals surface area contributed by atoms with E-state index in [2.05, 4.69) is 12.1 Å². The van der Waals surface area contributed by atoms with E-state index in [1.54, 1.807) is 11.1 Å². The topological polar surface area (TPSA) is 72.4 Å². The number of aryl methyl sites for hydroxylation is 1. The normalized spacial score (nSPS) is 25.8. The molecule has 0 saturated carbocycles. The fourth-order valence-electron chi connectivity index (χ4n) is 1.92. The van der Waals surface area contributed by atoms with E-state index in [-0.39, 0.29) is 11.9 Å². The average molecular weight is 223 g/mol. The van der Waals surface area contributed by atoms with E-state index in [0.717, 1.165) is 18.5 Å². The number of nitrogens with zero attached hydrogens (tertiary/aromatic N) is 2. The highest BCUT2D eigenvalue weighted by Crippen LogP contribution is 2.18. The summed E-state index contributed by atoms with van der Waals surface area (Å²) in [6, 6.07) is 0.0564. The standard InChI is InChI=1S/C11H17N3O2/c1-7-3-4-14(6-9(7)12)11(15)10-8(2)5-13-16-10/h5,7,9H,3-4,6,12H2,1-2H3. The van der Waals surface area contributed by atoms with Crippen molar-refractivity contribution in [2.75, 3.05) is 13.1 Å². The first kappa shape index (κ1) is 11.1. The Bertz CT molecular complexity index is 388. The molecule has 1 aromatic rings. The molecule has 2 atom stereocenters. The molecule has 1 saturated heterocycles. The molecule has 2 unspecified atom stereocenters. The van der Waals surface area contributed by atoms with Crippen LogP contribution in [0.25, 0.3) is 0 Å². The van der Waals surface area contributed by atoms with E-state index in [1.165, 1.54) is 0 Å². The van der Waals surface area contributed by atoms with Crippen LogP contribution in [0.3, 0.4) is 0 Å². The molecule has 16 heavy (non-hydrogen) atoms. The number of aromatic nitrogens is 1. The summed E-state index contributed by atoms with van der Waals surface area (Å²) in [6.07, 6.45) is 2.50. The van der Waals surface area contributed by atoms with Crippen molar-refractivity contribution in [2.45, 2.75) is 26.3 Å². The Morgan fingerprint density at radius 3 is 3.00 bits per heavy atom. The van der Waals surface area contributed by atoms with Crippen LogP contribution >= 0.6 is 0 Å². The Labute approximate surface area is 94.6 Å². The van der Waals surface area contributed by atoms with Crippen LogP contribution in [0.4, 0.5) is 0 Å². The summed E-state index contributed by atoms with van der Waals surface area (Å²) in [7, 11) is 0. The fourth-order valence-corrected chi connectivity index (χ4v) is 1.92. The lowest BCUT2D eigenvalue weighted by Gasteiger charge is -2.34. The number of carbonyl (C=O) groups is 1. The second-order valence-corrected chi connectivity index (χ2v) is 4.52. The van der Waals surface area contributed by atoms with Crippen LogP contribution < -0.4 is 5.73 Å². The first-order valence-electron chi connectivity index (χ1n) is 5.55. The van der Waals surface area contributed by atoms with E-state index < -0.39 is 0 Å². The zero-order valence-corrected chi connectivity index (χ0v) is 9.64. The van der Waals surface area contributed by atoms with Gasteiger partial charge in [-0.3, -0.25) is 4.79 Å². The van der Waals surface area contributed by atoms with Gasteiger partial charge in [-0.15, -0.1) is 0 Å². The lowest BCUT2D eigenvalue weighted by atomic mass is 9.94. The van der Waals surface area contributed by atoms with Gasteiger partial charge in [-0.25, -0.2) is 0 Å². The molecule has 5 heteroatoms. The summed E-state index contributed by atoms with van der Waals surface area (Å²) in [5.41, 5.74) is 6.73. The van der Waals surface area contributed by atoms with Crippen molar-refractivity contribution in [1.29, 1.82) is 0 Å². The maximum absolute atomic E-state index is 12.1. The van der Waals surface area contributed by atoms with Crippen LogP contribution in [0, 0.1) is 12.8 Å². The van der Waals surface area contributed by atoms with Crippen molar-refractivity contribution in [2.24, 2.45) is 11.7 Å². The molecule has 1 aliphatic rings. The average Bonchev–Trinajstić information content (AvgIpc) is 2.67.